The number of phenols is 1. The van der Waals surface area contributed by atoms with Crippen LogP contribution in [0.15, 0.2) is 18.2 Å². The minimum Gasteiger partial charge on any atom is -0.508 e. The lowest BCUT2D eigenvalue weighted by Crippen LogP contribution is -2.42. The molecule has 126 valence electrons. The standard InChI is InChI=1S/C22H32O/c1-3-4-5-16-7-11-21-20-9-6-15-14-17(23)8-10-18(15)19(20)12-13-22(16,21)2/h8,10,14,16,19-21,23H,3-7,9,11-13H2,1-2H3/t16-,19+,20+,21-,22+/m0/s1. The number of benzene rings is 1. The molecule has 0 aliphatic heterocycles. The van der Waals surface area contributed by atoms with Gasteiger partial charge in [0.05, 0.1) is 0 Å². The normalized spacial score (nSPS) is 38.7. The Morgan fingerprint density at radius 2 is 2.04 bits per heavy atom. The van der Waals surface area contributed by atoms with Gasteiger partial charge in [0.2, 0.25) is 0 Å². The molecule has 1 aromatic rings. The Morgan fingerprint density at radius 3 is 2.87 bits per heavy atom. The van der Waals surface area contributed by atoms with Crippen LogP contribution in [0, 0.1) is 23.2 Å². The Kier molecular flexibility index (Phi) is 3.94. The van der Waals surface area contributed by atoms with Gasteiger partial charge < -0.3 is 5.11 Å². The Bertz CT molecular complexity index is 577. The van der Waals surface area contributed by atoms with E-state index in [9.17, 15) is 5.11 Å². The molecule has 3 aliphatic rings. The first kappa shape index (κ1) is 15.5. The predicted molar refractivity (Wildman–Crippen MR) is 95.7 cm³/mol. The third-order valence-electron chi connectivity index (χ3n) is 7.81. The molecule has 2 saturated carbocycles. The molecule has 2 fully saturated rings. The maximum atomic E-state index is 9.79. The Balaban J connectivity index is 1.59. The van der Waals surface area contributed by atoms with E-state index in [-0.39, 0.29) is 0 Å². The van der Waals surface area contributed by atoms with Gasteiger partial charge >= 0.3 is 0 Å². The van der Waals surface area contributed by atoms with Crippen LogP contribution in [0.5, 0.6) is 5.75 Å². The molecule has 5 atom stereocenters. The number of hydrogen-bond donors (Lipinski definition) is 1. The Labute approximate surface area is 141 Å². The maximum Gasteiger partial charge on any atom is 0.115 e. The summed E-state index contributed by atoms with van der Waals surface area (Å²) in [6.45, 7) is 4.96. The Morgan fingerprint density at radius 1 is 1.17 bits per heavy atom. The molecule has 1 aromatic carbocycles. The summed E-state index contributed by atoms with van der Waals surface area (Å²) in [6, 6.07) is 6.17. The molecule has 3 aliphatic carbocycles. The molecule has 0 heterocycles. The molecule has 23 heavy (non-hydrogen) atoms. The van der Waals surface area contributed by atoms with E-state index in [1.54, 1.807) is 5.56 Å². The van der Waals surface area contributed by atoms with Crippen LogP contribution in [0.1, 0.15) is 82.3 Å². The smallest absolute Gasteiger partial charge is 0.115 e. The zero-order valence-electron chi connectivity index (χ0n) is 14.9. The third kappa shape index (κ3) is 2.42. The van der Waals surface area contributed by atoms with Gasteiger partial charge in [-0.3, -0.25) is 0 Å². The number of phenolic OH excluding ortho intramolecular Hbond substituents is 1. The van der Waals surface area contributed by atoms with Crippen LogP contribution in [-0.4, -0.2) is 5.11 Å². The van der Waals surface area contributed by atoms with Crippen LogP contribution in [0.4, 0.5) is 0 Å². The first-order valence-electron chi connectivity index (χ1n) is 9.95. The molecule has 0 spiro atoms. The highest BCUT2D eigenvalue weighted by Gasteiger charge is 2.54. The van der Waals surface area contributed by atoms with E-state index in [1.807, 2.05) is 12.1 Å². The molecular weight excluding hydrogens is 280 g/mol. The van der Waals surface area contributed by atoms with Crippen LogP contribution in [0.2, 0.25) is 0 Å². The van der Waals surface area contributed by atoms with Crippen molar-refractivity contribution >= 4 is 0 Å². The number of rotatable bonds is 3. The molecular formula is C22H32O. The highest BCUT2D eigenvalue weighted by Crippen LogP contribution is 2.63. The summed E-state index contributed by atoms with van der Waals surface area (Å²) >= 11 is 0. The lowest BCUT2D eigenvalue weighted by molar-refractivity contribution is 0.0253. The van der Waals surface area contributed by atoms with Crippen molar-refractivity contribution < 1.29 is 5.11 Å². The molecule has 0 radical (unpaired) electrons. The van der Waals surface area contributed by atoms with Gasteiger partial charge in [-0.1, -0.05) is 32.8 Å². The summed E-state index contributed by atoms with van der Waals surface area (Å²) in [5.74, 6) is 4.04. The fourth-order valence-corrected chi connectivity index (χ4v) is 6.60. The number of hydrogen-bond acceptors (Lipinski definition) is 1. The molecule has 1 nitrogen and oxygen atoms in total. The van der Waals surface area contributed by atoms with Crippen molar-refractivity contribution in [2.45, 2.75) is 77.6 Å². The molecule has 0 unspecified atom stereocenters. The third-order valence-corrected chi connectivity index (χ3v) is 7.81. The average Bonchev–Trinajstić information content (AvgIpc) is 2.89. The Hall–Kier alpha value is -0.980. The monoisotopic (exact) mass is 312 g/mol. The predicted octanol–water partition coefficient (Wildman–Crippen LogP) is 6.05. The maximum absolute atomic E-state index is 9.79. The van der Waals surface area contributed by atoms with Gasteiger partial charge in [0.25, 0.3) is 0 Å². The van der Waals surface area contributed by atoms with E-state index in [1.165, 1.54) is 63.4 Å². The van der Waals surface area contributed by atoms with Crippen molar-refractivity contribution in [2.24, 2.45) is 23.2 Å². The van der Waals surface area contributed by atoms with Gasteiger partial charge in [0.15, 0.2) is 0 Å². The topological polar surface area (TPSA) is 20.2 Å². The average molecular weight is 312 g/mol. The SMILES string of the molecule is CCCC[C@H]1CC[C@H]2[C@@H]3CCc4cc(O)ccc4[C@H]3CC[C@]12C. The first-order chi connectivity index (χ1) is 11.1. The molecule has 0 bridgehead atoms. The van der Waals surface area contributed by atoms with Crippen molar-refractivity contribution in [2.75, 3.05) is 0 Å². The fraction of sp³-hybridized carbons (Fsp3) is 0.727. The van der Waals surface area contributed by atoms with Crippen molar-refractivity contribution in [1.82, 2.24) is 0 Å². The van der Waals surface area contributed by atoms with Crippen molar-refractivity contribution in [1.29, 1.82) is 0 Å². The second-order valence-corrected chi connectivity index (χ2v) is 8.76. The van der Waals surface area contributed by atoms with E-state index in [0.717, 1.165) is 23.7 Å². The highest BCUT2D eigenvalue weighted by molar-refractivity contribution is 5.40. The zero-order chi connectivity index (χ0) is 16.0. The van der Waals surface area contributed by atoms with Gasteiger partial charge in [-0.15, -0.1) is 0 Å². The molecule has 0 amide bonds. The molecule has 0 saturated heterocycles. The van der Waals surface area contributed by atoms with E-state index >= 15 is 0 Å². The largest absolute Gasteiger partial charge is 0.508 e. The number of unbranched alkanes of at least 4 members (excludes halogenated alkanes) is 1. The fourth-order valence-electron chi connectivity index (χ4n) is 6.60. The minimum absolute atomic E-state index is 0.448. The second kappa shape index (κ2) is 5.83. The lowest BCUT2D eigenvalue weighted by Gasteiger charge is -2.51. The molecule has 1 heteroatoms. The summed E-state index contributed by atoms with van der Waals surface area (Å²) in [6.07, 6.45) is 12.5. The van der Waals surface area contributed by atoms with Crippen molar-refractivity contribution in [3.05, 3.63) is 29.3 Å². The number of aromatic hydroxyl groups is 1. The number of fused-ring (bicyclic) bond motifs is 5. The van der Waals surface area contributed by atoms with Crippen LogP contribution in [0.25, 0.3) is 0 Å². The zero-order valence-corrected chi connectivity index (χ0v) is 14.9. The van der Waals surface area contributed by atoms with Gasteiger partial charge in [-0.25, -0.2) is 0 Å². The van der Waals surface area contributed by atoms with Crippen molar-refractivity contribution in [3.8, 4) is 5.75 Å². The van der Waals surface area contributed by atoms with Crippen molar-refractivity contribution in [3.63, 3.8) is 0 Å². The second-order valence-electron chi connectivity index (χ2n) is 8.76. The highest BCUT2D eigenvalue weighted by atomic mass is 16.3. The van der Waals surface area contributed by atoms with E-state index in [4.69, 9.17) is 0 Å². The summed E-state index contributed by atoms with van der Waals surface area (Å²) in [7, 11) is 0. The van der Waals surface area contributed by atoms with Crippen LogP contribution >= 0.6 is 0 Å². The molecule has 0 aromatic heterocycles. The molecule has 1 N–H and O–H groups in total. The van der Waals surface area contributed by atoms with E-state index in [0.29, 0.717) is 11.2 Å². The minimum atomic E-state index is 0.448. The van der Waals surface area contributed by atoms with Crippen LogP contribution in [-0.2, 0) is 6.42 Å². The van der Waals surface area contributed by atoms with Crippen LogP contribution < -0.4 is 0 Å². The molecule has 4 rings (SSSR count). The van der Waals surface area contributed by atoms with Gasteiger partial charge in [-0.2, -0.15) is 0 Å². The van der Waals surface area contributed by atoms with Gasteiger partial charge in [0.1, 0.15) is 5.75 Å². The van der Waals surface area contributed by atoms with Crippen LogP contribution in [0.3, 0.4) is 0 Å². The lowest BCUT2D eigenvalue weighted by atomic mass is 9.54. The quantitative estimate of drug-likeness (QED) is 0.719. The van der Waals surface area contributed by atoms with E-state index < -0.39 is 0 Å². The van der Waals surface area contributed by atoms with E-state index in [2.05, 4.69) is 19.9 Å². The summed E-state index contributed by atoms with van der Waals surface area (Å²) in [5, 5.41) is 9.79. The summed E-state index contributed by atoms with van der Waals surface area (Å²) in [5.41, 5.74) is 3.61. The summed E-state index contributed by atoms with van der Waals surface area (Å²) in [4.78, 5) is 0. The van der Waals surface area contributed by atoms with Gasteiger partial charge in [-0.05, 0) is 97.3 Å². The van der Waals surface area contributed by atoms with Gasteiger partial charge in [0, 0.05) is 0 Å². The summed E-state index contributed by atoms with van der Waals surface area (Å²) < 4.78 is 0. The number of aryl methyl sites for hydroxylation is 1. The first-order valence-corrected chi connectivity index (χ1v) is 9.95.